The summed E-state index contributed by atoms with van der Waals surface area (Å²) in [5.41, 5.74) is 2.74. The summed E-state index contributed by atoms with van der Waals surface area (Å²) in [5, 5.41) is 0. The van der Waals surface area contributed by atoms with Gasteiger partial charge >= 0.3 is 5.97 Å². The molecular formula is C18H19NO5S2. The minimum absolute atomic E-state index is 0.0402. The van der Waals surface area contributed by atoms with E-state index in [4.69, 9.17) is 8.92 Å². The molecule has 1 aliphatic heterocycles. The number of carbonyl (C=O) groups excluding carboxylic acids is 1. The second kappa shape index (κ2) is 7.69. The Morgan fingerprint density at radius 2 is 1.85 bits per heavy atom. The lowest BCUT2D eigenvalue weighted by Gasteiger charge is -2.33. The van der Waals surface area contributed by atoms with Gasteiger partial charge in [0.1, 0.15) is 0 Å². The van der Waals surface area contributed by atoms with Crippen molar-refractivity contribution in [2.24, 2.45) is 0 Å². The number of para-hydroxylation sites is 1. The maximum Gasteiger partial charge on any atom is 0.309 e. The van der Waals surface area contributed by atoms with Crippen LogP contribution in [0.3, 0.4) is 0 Å². The molecule has 1 aliphatic rings. The van der Waals surface area contributed by atoms with Gasteiger partial charge in [0.2, 0.25) is 0 Å². The van der Waals surface area contributed by atoms with Crippen LogP contribution in [0, 0.1) is 0 Å². The van der Waals surface area contributed by atoms with Crippen molar-refractivity contribution >= 4 is 39.2 Å². The number of carbonyl (C=O) groups is 1. The summed E-state index contributed by atoms with van der Waals surface area (Å²) >= 11 is 1.64. The summed E-state index contributed by atoms with van der Waals surface area (Å²) in [6, 6.07) is 13.7. The predicted octanol–water partition coefficient (Wildman–Crippen LogP) is 2.98. The number of hydrogen-bond acceptors (Lipinski definition) is 7. The fourth-order valence-electron chi connectivity index (χ4n) is 2.74. The number of methoxy groups -OCH3 is 1. The van der Waals surface area contributed by atoms with E-state index in [0.717, 1.165) is 33.0 Å². The summed E-state index contributed by atoms with van der Waals surface area (Å²) < 4.78 is 32.2. The Morgan fingerprint density at radius 1 is 1.12 bits per heavy atom. The van der Waals surface area contributed by atoms with Crippen molar-refractivity contribution in [1.29, 1.82) is 0 Å². The summed E-state index contributed by atoms with van der Waals surface area (Å²) in [4.78, 5) is 15.7. The van der Waals surface area contributed by atoms with E-state index in [0.29, 0.717) is 6.54 Å². The molecule has 0 bridgehead atoms. The first-order valence-electron chi connectivity index (χ1n) is 7.96. The average molecular weight is 393 g/mol. The molecule has 0 aliphatic carbocycles. The lowest BCUT2D eigenvalue weighted by atomic mass is 10.1. The van der Waals surface area contributed by atoms with Crippen molar-refractivity contribution in [2.75, 3.05) is 31.4 Å². The minimum atomic E-state index is -3.50. The van der Waals surface area contributed by atoms with E-state index >= 15 is 0 Å². The maximum absolute atomic E-state index is 11.6. The topological polar surface area (TPSA) is 72.9 Å². The molecule has 138 valence electrons. The monoisotopic (exact) mass is 393 g/mol. The predicted molar refractivity (Wildman–Crippen MR) is 101 cm³/mol. The van der Waals surface area contributed by atoms with Crippen LogP contribution < -0.4 is 4.90 Å². The van der Waals surface area contributed by atoms with Gasteiger partial charge in [-0.25, -0.2) is 0 Å². The Hall–Kier alpha value is -2.03. The van der Waals surface area contributed by atoms with Crippen LogP contribution in [0.15, 0.2) is 52.3 Å². The number of nitrogens with zero attached hydrogens (tertiary/aromatic N) is 1. The molecular weight excluding hydrogens is 374 g/mol. The highest BCUT2D eigenvalue weighted by Gasteiger charge is 2.24. The van der Waals surface area contributed by atoms with E-state index in [1.54, 1.807) is 11.8 Å². The zero-order valence-electron chi connectivity index (χ0n) is 14.5. The van der Waals surface area contributed by atoms with Crippen LogP contribution in [-0.2, 0) is 30.3 Å². The number of esters is 1. The molecule has 0 saturated heterocycles. The number of benzene rings is 2. The first-order valence-corrected chi connectivity index (χ1v) is 10.6. The van der Waals surface area contributed by atoms with Gasteiger partial charge in [-0.15, -0.1) is 0 Å². The van der Waals surface area contributed by atoms with Gasteiger partial charge in [0.05, 0.1) is 37.8 Å². The molecule has 3 rings (SSSR count). The second-order valence-electron chi connectivity index (χ2n) is 5.80. The zero-order valence-corrected chi connectivity index (χ0v) is 16.1. The molecule has 2 aromatic rings. The smallest absolute Gasteiger partial charge is 0.309 e. The molecule has 0 saturated carbocycles. The van der Waals surface area contributed by atoms with E-state index in [1.165, 1.54) is 7.11 Å². The number of ether oxygens (including phenoxy) is 1. The molecule has 0 atom stereocenters. The lowest BCUT2D eigenvalue weighted by molar-refractivity contribution is -0.139. The van der Waals surface area contributed by atoms with Crippen LogP contribution in [0.2, 0.25) is 0 Å². The van der Waals surface area contributed by atoms with E-state index in [2.05, 4.69) is 0 Å². The standard InChI is InChI=1S/C18H19NO5S2/c1-23-18(20)12-13-7-8-17-15(11-13)19(9-10-24-26(2,21)22)14-5-3-4-6-16(14)25-17/h3-8,11H,9-10,12H2,1-2H3. The SMILES string of the molecule is COC(=O)Cc1ccc2c(c1)N(CCOS(C)(=O)=O)c1ccccc1S2. The van der Waals surface area contributed by atoms with Crippen molar-refractivity contribution in [3.8, 4) is 0 Å². The molecule has 26 heavy (non-hydrogen) atoms. The van der Waals surface area contributed by atoms with Crippen molar-refractivity contribution in [3.63, 3.8) is 0 Å². The highest BCUT2D eigenvalue weighted by Crippen LogP contribution is 2.48. The third kappa shape index (κ3) is 4.38. The number of anilines is 2. The van der Waals surface area contributed by atoms with Crippen LogP contribution in [-0.4, -0.2) is 40.9 Å². The zero-order chi connectivity index (χ0) is 18.7. The molecule has 2 aromatic carbocycles. The fraction of sp³-hybridized carbons (Fsp3) is 0.278. The van der Waals surface area contributed by atoms with Crippen molar-refractivity contribution in [2.45, 2.75) is 16.2 Å². The van der Waals surface area contributed by atoms with E-state index in [9.17, 15) is 13.2 Å². The third-order valence-corrected chi connectivity index (χ3v) is 5.60. The van der Waals surface area contributed by atoms with Gasteiger partial charge in [-0.3, -0.25) is 8.98 Å². The van der Waals surface area contributed by atoms with Gasteiger partial charge in [0.25, 0.3) is 10.1 Å². The minimum Gasteiger partial charge on any atom is -0.469 e. The van der Waals surface area contributed by atoms with Gasteiger partial charge in [0.15, 0.2) is 0 Å². The molecule has 0 unspecified atom stereocenters. The first kappa shape index (κ1) is 18.8. The normalized spacial score (nSPS) is 13.1. The van der Waals surface area contributed by atoms with E-state index in [1.807, 2.05) is 47.4 Å². The van der Waals surface area contributed by atoms with Gasteiger partial charge < -0.3 is 9.64 Å². The van der Waals surface area contributed by atoms with Gasteiger partial charge in [-0.1, -0.05) is 30.0 Å². The number of fused-ring (bicyclic) bond motifs is 2. The first-order chi connectivity index (χ1) is 12.4. The van der Waals surface area contributed by atoms with E-state index < -0.39 is 10.1 Å². The lowest BCUT2D eigenvalue weighted by Crippen LogP contribution is -2.26. The number of hydrogen-bond donors (Lipinski definition) is 0. The Bertz CT molecular complexity index is 927. The molecule has 8 heteroatoms. The van der Waals surface area contributed by atoms with Gasteiger partial charge in [-0.2, -0.15) is 8.42 Å². The Kier molecular flexibility index (Phi) is 5.55. The van der Waals surface area contributed by atoms with Gasteiger partial charge in [-0.05, 0) is 29.8 Å². The molecule has 0 amide bonds. The fourth-order valence-corrected chi connectivity index (χ4v) is 4.20. The third-order valence-electron chi connectivity index (χ3n) is 3.88. The molecule has 0 N–H and O–H groups in total. The Balaban J connectivity index is 1.93. The van der Waals surface area contributed by atoms with Crippen molar-refractivity contribution < 1.29 is 22.1 Å². The van der Waals surface area contributed by atoms with Crippen LogP contribution in [0.4, 0.5) is 11.4 Å². The van der Waals surface area contributed by atoms with Gasteiger partial charge in [0, 0.05) is 16.3 Å². The summed E-state index contributed by atoms with van der Waals surface area (Å²) in [6.45, 7) is 0.415. The summed E-state index contributed by atoms with van der Waals surface area (Å²) in [5.74, 6) is -0.305. The van der Waals surface area contributed by atoms with E-state index in [-0.39, 0.29) is 19.0 Å². The Labute approximate surface area is 157 Å². The van der Waals surface area contributed by atoms with Crippen molar-refractivity contribution in [3.05, 3.63) is 48.0 Å². The average Bonchev–Trinajstić information content (AvgIpc) is 2.60. The second-order valence-corrected chi connectivity index (χ2v) is 8.53. The summed E-state index contributed by atoms with van der Waals surface area (Å²) in [6.07, 6.45) is 1.22. The largest absolute Gasteiger partial charge is 0.469 e. The maximum atomic E-state index is 11.6. The van der Waals surface area contributed by atoms with Crippen molar-refractivity contribution in [1.82, 2.24) is 0 Å². The molecule has 0 spiro atoms. The van der Waals surface area contributed by atoms with Crippen LogP contribution in [0.25, 0.3) is 0 Å². The molecule has 0 aromatic heterocycles. The van der Waals surface area contributed by atoms with Crippen LogP contribution in [0.5, 0.6) is 0 Å². The quantitative estimate of drug-likeness (QED) is 0.552. The number of rotatable bonds is 6. The molecule has 0 radical (unpaired) electrons. The van der Waals surface area contributed by atoms with Crippen LogP contribution >= 0.6 is 11.8 Å². The highest BCUT2D eigenvalue weighted by molar-refractivity contribution is 7.99. The van der Waals surface area contributed by atoms with Crippen LogP contribution in [0.1, 0.15) is 5.56 Å². The molecule has 6 nitrogen and oxygen atoms in total. The molecule has 0 fully saturated rings. The highest BCUT2D eigenvalue weighted by atomic mass is 32.2. The molecule has 1 heterocycles. The summed E-state index contributed by atoms with van der Waals surface area (Å²) in [7, 11) is -2.14. The Morgan fingerprint density at radius 3 is 2.58 bits per heavy atom.